The van der Waals surface area contributed by atoms with Gasteiger partial charge in [0.2, 0.25) is 0 Å². The second kappa shape index (κ2) is 7.08. The number of thioether (sulfide) groups is 1. The van der Waals surface area contributed by atoms with E-state index >= 15 is 0 Å². The van der Waals surface area contributed by atoms with Crippen LogP contribution in [0.3, 0.4) is 0 Å². The van der Waals surface area contributed by atoms with Gasteiger partial charge >= 0.3 is 11.9 Å². The number of fused-ring (bicyclic) bond motifs is 1. The Bertz CT molecular complexity index is 1190. The van der Waals surface area contributed by atoms with Crippen LogP contribution in [0.1, 0.15) is 26.3 Å². The number of amides is 2. The number of hydrogen-bond acceptors (Lipinski definition) is 6. The van der Waals surface area contributed by atoms with E-state index in [1.807, 2.05) is 0 Å². The highest BCUT2D eigenvalue weighted by Gasteiger charge is 2.41. The molecular formula is C20H12N2O6S2. The number of benzene rings is 2. The van der Waals surface area contributed by atoms with Crippen LogP contribution in [0, 0.1) is 0 Å². The van der Waals surface area contributed by atoms with Gasteiger partial charge < -0.3 is 15.1 Å². The molecule has 2 heterocycles. The largest absolute Gasteiger partial charge is 0.478 e. The number of carbonyl (C=O) groups excluding carboxylic acids is 2. The monoisotopic (exact) mass is 440 g/mol. The smallest absolute Gasteiger partial charge is 0.335 e. The van der Waals surface area contributed by atoms with E-state index in [0.717, 1.165) is 22.7 Å². The molecule has 2 N–H and O–H groups in total. The van der Waals surface area contributed by atoms with Gasteiger partial charge in [0.25, 0.3) is 11.8 Å². The summed E-state index contributed by atoms with van der Waals surface area (Å²) in [5, 5.41) is 18.6. The molecule has 0 atom stereocenters. The number of aromatic carboxylic acids is 2. The van der Waals surface area contributed by atoms with E-state index in [0.29, 0.717) is 11.3 Å². The number of likely N-dealkylation sites (N-methyl/N-ethyl adjacent to an activating group) is 1. The van der Waals surface area contributed by atoms with E-state index in [1.165, 1.54) is 17.0 Å². The van der Waals surface area contributed by atoms with Crippen molar-refractivity contribution in [3.8, 4) is 0 Å². The maximum absolute atomic E-state index is 13.2. The highest BCUT2D eigenvalue weighted by molar-refractivity contribution is 8.27. The third-order valence-corrected chi connectivity index (χ3v) is 6.09. The number of para-hydroxylation sites is 1. The fourth-order valence-corrected chi connectivity index (χ4v) is 4.69. The lowest BCUT2D eigenvalue weighted by molar-refractivity contribution is -0.115. The first-order valence-corrected chi connectivity index (χ1v) is 9.73. The number of thiocarbonyl (C=S) groups is 1. The SMILES string of the molecule is CN1C(=O)/C(=C2\SC(=S)N(c3cc(C(=O)O)cc(C(=O)O)c3)C2=O)c2ccccc21. The summed E-state index contributed by atoms with van der Waals surface area (Å²) < 4.78 is 0.0706. The van der Waals surface area contributed by atoms with Crippen molar-refractivity contribution >= 4 is 69.0 Å². The van der Waals surface area contributed by atoms with E-state index in [1.54, 1.807) is 31.3 Å². The van der Waals surface area contributed by atoms with Gasteiger partial charge in [-0.2, -0.15) is 0 Å². The molecule has 1 fully saturated rings. The van der Waals surface area contributed by atoms with E-state index in [4.69, 9.17) is 12.2 Å². The van der Waals surface area contributed by atoms with Crippen molar-refractivity contribution in [3.05, 3.63) is 64.1 Å². The molecule has 0 bridgehead atoms. The summed E-state index contributed by atoms with van der Waals surface area (Å²) in [4.78, 5) is 51.4. The highest BCUT2D eigenvalue weighted by atomic mass is 32.2. The quantitative estimate of drug-likeness (QED) is 0.553. The number of hydrogen-bond donors (Lipinski definition) is 2. The molecule has 2 aromatic rings. The van der Waals surface area contributed by atoms with E-state index in [-0.39, 0.29) is 37.5 Å². The maximum Gasteiger partial charge on any atom is 0.335 e. The number of carbonyl (C=O) groups is 4. The summed E-state index contributed by atoms with van der Waals surface area (Å²) in [5.41, 5.74) is 0.875. The summed E-state index contributed by atoms with van der Waals surface area (Å²) in [6, 6.07) is 10.4. The average Bonchev–Trinajstić information content (AvgIpc) is 3.14. The van der Waals surface area contributed by atoms with Gasteiger partial charge in [0, 0.05) is 12.6 Å². The molecule has 30 heavy (non-hydrogen) atoms. The van der Waals surface area contributed by atoms with Crippen molar-refractivity contribution in [1.29, 1.82) is 0 Å². The van der Waals surface area contributed by atoms with Crippen molar-refractivity contribution in [1.82, 2.24) is 0 Å². The van der Waals surface area contributed by atoms with Crippen LogP contribution in [0.15, 0.2) is 47.4 Å². The lowest BCUT2D eigenvalue weighted by Gasteiger charge is -2.16. The van der Waals surface area contributed by atoms with E-state index in [9.17, 15) is 29.4 Å². The molecule has 8 nitrogen and oxygen atoms in total. The minimum Gasteiger partial charge on any atom is -0.478 e. The van der Waals surface area contributed by atoms with E-state index in [2.05, 4.69) is 0 Å². The molecule has 4 rings (SSSR count). The van der Waals surface area contributed by atoms with Crippen molar-refractivity contribution in [2.75, 3.05) is 16.8 Å². The summed E-state index contributed by atoms with van der Waals surface area (Å²) in [6.45, 7) is 0. The number of anilines is 2. The van der Waals surface area contributed by atoms with Gasteiger partial charge in [0.15, 0.2) is 4.32 Å². The van der Waals surface area contributed by atoms with Gasteiger partial charge in [-0.1, -0.05) is 42.2 Å². The van der Waals surface area contributed by atoms with Gasteiger partial charge in [-0.15, -0.1) is 0 Å². The van der Waals surface area contributed by atoms with Crippen molar-refractivity contribution in [2.24, 2.45) is 0 Å². The third kappa shape index (κ3) is 2.97. The second-order valence-corrected chi connectivity index (χ2v) is 8.12. The Hall–Kier alpha value is -3.50. The lowest BCUT2D eigenvalue weighted by Crippen LogP contribution is -2.29. The van der Waals surface area contributed by atoms with Gasteiger partial charge in [0.1, 0.15) is 0 Å². The Morgan fingerprint density at radius 2 is 1.57 bits per heavy atom. The Morgan fingerprint density at radius 3 is 2.17 bits per heavy atom. The predicted molar refractivity (Wildman–Crippen MR) is 115 cm³/mol. The Morgan fingerprint density at radius 1 is 0.967 bits per heavy atom. The van der Waals surface area contributed by atoms with E-state index < -0.39 is 17.8 Å². The number of nitrogens with zero attached hydrogens (tertiary/aromatic N) is 2. The maximum atomic E-state index is 13.2. The Balaban J connectivity index is 1.86. The Labute approximate surface area is 179 Å². The zero-order valence-corrected chi connectivity index (χ0v) is 16.9. The summed E-state index contributed by atoms with van der Waals surface area (Å²) >= 11 is 6.23. The molecule has 2 aromatic carbocycles. The molecule has 10 heteroatoms. The fourth-order valence-electron chi connectivity index (χ4n) is 3.32. The first-order valence-electron chi connectivity index (χ1n) is 8.50. The van der Waals surface area contributed by atoms with Crippen molar-refractivity contribution in [2.45, 2.75) is 0 Å². The first-order chi connectivity index (χ1) is 14.2. The molecule has 0 saturated carbocycles. The molecular weight excluding hydrogens is 428 g/mol. The van der Waals surface area contributed by atoms with Crippen LogP contribution in [0.25, 0.3) is 5.57 Å². The summed E-state index contributed by atoms with van der Waals surface area (Å²) in [7, 11) is 1.60. The first kappa shape index (κ1) is 19.8. The lowest BCUT2D eigenvalue weighted by atomic mass is 10.1. The molecule has 150 valence electrons. The van der Waals surface area contributed by atoms with Crippen molar-refractivity contribution in [3.63, 3.8) is 0 Å². The summed E-state index contributed by atoms with van der Waals surface area (Å²) in [5.74, 6) is -3.66. The van der Waals surface area contributed by atoms with Gasteiger partial charge in [0.05, 0.1) is 33.0 Å². The van der Waals surface area contributed by atoms with Crippen LogP contribution < -0.4 is 9.80 Å². The molecule has 2 aliphatic heterocycles. The highest BCUT2D eigenvalue weighted by Crippen LogP contribution is 2.45. The third-order valence-electron chi connectivity index (χ3n) is 4.72. The molecule has 0 aromatic heterocycles. The zero-order valence-electron chi connectivity index (χ0n) is 15.3. The standard InChI is InChI=1S/C20H12N2O6S2/c1-21-13-5-3-2-4-12(13)14(16(21)23)15-17(24)22(20(29)30-15)11-7-9(18(25)26)6-10(8-11)19(27)28/h2-8H,1H3,(H,25,26)(H,27,28)/b15-14-. The minimum atomic E-state index is -1.34. The molecule has 1 saturated heterocycles. The molecule has 2 amide bonds. The van der Waals surface area contributed by atoms with Gasteiger partial charge in [-0.3, -0.25) is 14.5 Å². The van der Waals surface area contributed by atoms with Gasteiger partial charge in [-0.25, -0.2) is 9.59 Å². The topological polar surface area (TPSA) is 115 Å². The normalized spacial score (nSPS) is 18.2. The predicted octanol–water partition coefficient (Wildman–Crippen LogP) is 2.84. The van der Waals surface area contributed by atoms with Crippen molar-refractivity contribution < 1.29 is 29.4 Å². The van der Waals surface area contributed by atoms with Crippen LogP contribution in [-0.2, 0) is 9.59 Å². The number of carboxylic acids is 2. The second-order valence-electron chi connectivity index (χ2n) is 6.47. The molecule has 0 unspecified atom stereocenters. The van der Waals surface area contributed by atoms with Crippen LogP contribution in [0.4, 0.5) is 11.4 Å². The summed E-state index contributed by atoms with van der Waals surface area (Å²) in [6.07, 6.45) is 0. The average molecular weight is 440 g/mol. The molecule has 0 aliphatic carbocycles. The van der Waals surface area contributed by atoms with Gasteiger partial charge in [-0.05, 0) is 24.3 Å². The van der Waals surface area contributed by atoms with Crippen LogP contribution >= 0.6 is 24.0 Å². The van der Waals surface area contributed by atoms with Crippen LogP contribution in [0.2, 0.25) is 0 Å². The zero-order chi connectivity index (χ0) is 21.7. The number of carboxylic acid groups (broad SMARTS) is 2. The Kier molecular flexibility index (Phi) is 4.67. The van der Waals surface area contributed by atoms with Crippen LogP contribution in [-0.4, -0.2) is 45.3 Å². The number of rotatable bonds is 3. The van der Waals surface area contributed by atoms with Crippen LogP contribution in [0.5, 0.6) is 0 Å². The molecule has 0 spiro atoms. The fraction of sp³-hybridized carbons (Fsp3) is 0.0500. The molecule has 2 aliphatic rings. The minimum absolute atomic E-state index is 0.0116. The molecule has 0 radical (unpaired) electrons.